The number of carbonyl (C=O) groups excluding carboxylic acids is 1. The maximum atomic E-state index is 11.9. The molecule has 0 aliphatic heterocycles. The largest absolute Gasteiger partial charge is 0.462 e. The smallest absolute Gasteiger partial charge is 0.330 e. The second-order valence-electron chi connectivity index (χ2n) is 5.60. The van der Waals surface area contributed by atoms with Crippen molar-refractivity contribution < 1.29 is 24.1 Å². The molecule has 3 atom stereocenters. The summed E-state index contributed by atoms with van der Waals surface area (Å²) >= 11 is 0. The molecule has 134 valence electrons. The molecule has 0 saturated heterocycles. The molecule has 0 bridgehead atoms. The van der Waals surface area contributed by atoms with Gasteiger partial charge < -0.3 is 19.3 Å². The molecule has 0 spiro atoms. The Morgan fingerprint density at radius 2 is 2.00 bits per heavy atom. The van der Waals surface area contributed by atoms with Crippen molar-refractivity contribution in [2.24, 2.45) is 5.92 Å². The molecule has 23 heavy (non-hydrogen) atoms. The van der Waals surface area contributed by atoms with E-state index >= 15 is 0 Å². The van der Waals surface area contributed by atoms with Crippen molar-refractivity contribution in [1.29, 1.82) is 0 Å². The molecule has 0 radical (unpaired) electrons. The zero-order chi connectivity index (χ0) is 17.9. The fourth-order valence-corrected chi connectivity index (χ4v) is 2.27. The van der Waals surface area contributed by atoms with Gasteiger partial charge in [-0.1, -0.05) is 26.8 Å². The van der Waals surface area contributed by atoms with E-state index in [1.54, 1.807) is 21.0 Å². The van der Waals surface area contributed by atoms with Gasteiger partial charge in [0, 0.05) is 25.7 Å². The summed E-state index contributed by atoms with van der Waals surface area (Å²) in [6, 6.07) is 0. The molecule has 1 N–H and O–H groups in total. The molecule has 0 fully saturated rings. The number of methoxy groups -OCH3 is 1. The predicted octanol–water partition coefficient (Wildman–Crippen LogP) is 3.23. The summed E-state index contributed by atoms with van der Waals surface area (Å²) < 4.78 is 16.0. The summed E-state index contributed by atoms with van der Waals surface area (Å²) in [5.41, 5.74) is 0.400. The molecule has 5 heteroatoms. The van der Waals surface area contributed by atoms with Gasteiger partial charge in [0.05, 0.1) is 12.7 Å². The molecule has 0 aromatic heterocycles. The topological polar surface area (TPSA) is 65.0 Å². The molecule has 0 aliphatic carbocycles. The first-order valence-corrected chi connectivity index (χ1v) is 8.25. The van der Waals surface area contributed by atoms with Gasteiger partial charge >= 0.3 is 5.97 Å². The molecule has 0 amide bonds. The second-order valence-corrected chi connectivity index (χ2v) is 5.60. The van der Waals surface area contributed by atoms with Crippen molar-refractivity contribution in [3.63, 3.8) is 0 Å². The third-order valence-corrected chi connectivity index (χ3v) is 3.79. The van der Waals surface area contributed by atoms with Gasteiger partial charge in [-0.2, -0.15) is 0 Å². The lowest BCUT2D eigenvalue weighted by Gasteiger charge is -2.25. The Labute approximate surface area is 140 Å². The van der Waals surface area contributed by atoms with E-state index in [0.717, 1.165) is 19.3 Å². The molecular weight excluding hydrogens is 296 g/mol. The summed E-state index contributed by atoms with van der Waals surface area (Å²) in [4.78, 5) is 11.9. The van der Waals surface area contributed by atoms with E-state index in [1.807, 2.05) is 6.92 Å². The minimum absolute atomic E-state index is 0.0811. The van der Waals surface area contributed by atoms with E-state index in [1.165, 1.54) is 12.2 Å². The third-order valence-electron chi connectivity index (χ3n) is 3.79. The Kier molecular flexibility index (Phi) is 10.8. The number of hydrogen-bond donors (Lipinski definition) is 1. The number of hydrogen-bond acceptors (Lipinski definition) is 5. The standard InChI is InChI=1S/C18H32O5/c1-7-10-16(21-6)15(8-2)13-22-17(19)11-12-18(20,14(4)5)23-9-3/h11-12,15-16,20H,4,7-10,13H2,1-3,5-6H3/b12-11+. The molecular formula is C18H32O5. The van der Waals surface area contributed by atoms with E-state index < -0.39 is 11.8 Å². The molecule has 0 saturated carbocycles. The van der Waals surface area contributed by atoms with E-state index in [4.69, 9.17) is 14.2 Å². The molecule has 0 aromatic rings. The fourth-order valence-electron chi connectivity index (χ4n) is 2.27. The van der Waals surface area contributed by atoms with E-state index in [-0.39, 0.29) is 18.6 Å². The van der Waals surface area contributed by atoms with Crippen LogP contribution in [0.2, 0.25) is 0 Å². The second kappa shape index (κ2) is 11.4. The molecule has 3 unspecified atom stereocenters. The summed E-state index contributed by atoms with van der Waals surface area (Å²) in [6.07, 6.45) is 5.34. The first kappa shape index (κ1) is 21.8. The van der Waals surface area contributed by atoms with Crippen LogP contribution >= 0.6 is 0 Å². The lowest BCUT2D eigenvalue weighted by atomic mass is 9.97. The van der Waals surface area contributed by atoms with E-state index in [9.17, 15) is 9.90 Å². The third kappa shape index (κ3) is 7.77. The van der Waals surface area contributed by atoms with Crippen LogP contribution in [0.15, 0.2) is 24.3 Å². The number of rotatable bonds is 12. The minimum atomic E-state index is -1.64. The molecule has 0 aliphatic rings. The van der Waals surface area contributed by atoms with Crippen LogP contribution in [0.3, 0.4) is 0 Å². The van der Waals surface area contributed by atoms with Crippen molar-refractivity contribution in [2.75, 3.05) is 20.3 Å². The Hall–Kier alpha value is -1.17. The maximum Gasteiger partial charge on any atom is 0.330 e. The Morgan fingerprint density at radius 1 is 1.35 bits per heavy atom. The minimum Gasteiger partial charge on any atom is -0.462 e. The normalized spacial score (nSPS) is 16.8. The lowest BCUT2D eigenvalue weighted by molar-refractivity contribution is -0.144. The molecule has 5 nitrogen and oxygen atoms in total. The van der Waals surface area contributed by atoms with Crippen LogP contribution in [-0.4, -0.2) is 43.3 Å². The van der Waals surface area contributed by atoms with Crippen molar-refractivity contribution >= 4 is 5.97 Å². The highest BCUT2D eigenvalue weighted by atomic mass is 16.6. The molecule has 0 rings (SSSR count). The van der Waals surface area contributed by atoms with Crippen LogP contribution in [0.25, 0.3) is 0 Å². The van der Waals surface area contributed by atoms with Crippen LogP contribution in [0.4, 0.5) is 0 Å². The number of esters is 1. The number of ether oxygens (including phenoxy) is 3. The summed E-state index contributed by atoms with van der Waals surface area (Å²) in [6.45, 7) is 11.8. The van der Waals surface area contributed by atoms with Crippen LogP contribution in [0, 0.1) is 5.92 Å². The van der Waals surface area contributed by atoms with Gasteiger partial charge in [0.15, 0.2) is 0 Å². The van der Waals surface area contributed by atoms with Crippen molar-refractivity contribution in [3.05, 3.63) is 24.3 Å². The predicted molar refractivity (Wildman–Crippen MR) is 91.0 cm³/mol. The van der Waals surface area contributed by atoms with Gasteiger partial charge in [0.2, 0.25) is 5.79 Å². The first-order chi connectivity index (χ1) is 10.8. The monoisotopic (exact) mass is 328 g/mol. The van der Waals surface area contributed by atoms with Crippen LogP contribution in [-0.2, 0) is 19.0 Å². The van der Waals surface area contributed by atoms with Crippen molar-refractivity contribution in [1.82, 2.24) is 0 Å². The summed E-state index contributed by atoms with van der Waals surface area (Å²) in [7, 11) is 1.68. The van der Waals surface area contributed by atoms with Crippen LogP contribution in [0.1, 0.15) is 47.0 Å². The SMILES string of the molecule is C=C(C)C(O)(/C=C/C(=O)OCC(CC)C(CCC)OC)OCC. The van der Waals surface area contributed by atoms with Gasteiger partial charge in [-0.15, -0.1) is 0 Å². The average Bonchev–Trinajstić information content (AvgIpc) is 2.52. The van der Waals surface area contributed by atoms with Crippen molar-refractivity contribution in [3.8, 4) is 0 Å². The van der Waals surface area contributed by atoms with Crippen LogP contribution in [0.5, 0.6) is 0 Å². The van der Waals surface area contributed by atoms with Gasteiger partial charge in [-0.25, -0.2) is 4.79 Å². The van der Waals surface area contributed by atoms with Crippen molar-refractivity contribution in [2.45, 2.75) is 58.8 Å². The number of aliphatic hydroxyl groups is 1. The van der Waals surface area contributed by atoms with Gasteiger partial charge in [-0.3, -0.25) is 0 Å². The highest BCUT2D eigenvalue weighted by molar-refractivity contribution is 5.82. The fraction of sp³-hybridized carbons (Fsp3) is 0.722. The Balaban J connectivity index is 4.63. The molecule has 0 aromatic carbocycles. The van der Waals surface area contributed by atoms with Gasteiger partial charge in [0.25, 0.3) is 0 Å². The maximum absolute atomic E-state index is 11.9. The van der Waals surface area contributed by atoms with Gasteiger partial charge in [0.1, 0.15) is 0 Å². The quantitative estimate of drug-likeness (QED) is 0.258. The highest BCUT2D eigenvalue weighted by Gasteiger charge is 2.25. The Bertz CT molecular complexity index is 391. The zero-order valence-electron chi connectivity index (χ0n) is 15.1. The Morgan fingerprint density at radius 3 is 2.43 bits per heavy atom. The lowest BCUT2D eigenvalue weighted by Crippen LogP contribution is -2.31. The highest BCUT2D eigenvalue weighted by Crippen LogP contribution is 2.19. The van der Waals surface area contributed by atoms with Gasteiger partial charge in [-0.05, 0) is 38.3 Å². The molecule has 0 heterocycles. The first-order valence-electron chi connectivity index (χ1n) is 8.25. The van der Waals surface area contributed by atoms with E-state index in [0.29, 0.717) is 12.2 Å². The summed E-state index contributed by atoms with van der Waals surface area (Å²) in [5.74, 6) is -2.01. The summed E-state index contributed by atoms with van der Waals surface area (Å²) in [5, 5.41) is 10.2. The number of carbonyl (C=O) groups is 1. The van der Waals surface area contributed by atoms with E-state index in [2.05, 4.69) is 13.5 Å². The van der Waals surface area contributed by atoms with Crippen LogP contribution < -0.4 is 0 Å². The zero-order valence-corrected chi connectivity index (χ0v) is 15.1. The average molecular weight is 328 g/mol.